The van der Waals surface area contributed by atoms with Gasteiger partial charge in [0, 0.05) is 13.0 Å². The summed E-state index contributed by atoms with van der Waals surface area (Å²) >= 11 is 0. The molecule has 1 saturated heterocycles. The molecule has 22 heavy (non-hydrogen) atoms. The van der Waals surface area contributed by atoms with Crippen LogP contribution in [0.2, 0.25) is 0 Å². The van der Waals surface area contributed by atoms with Gasteiger partial charge >= 0.3 is 0 Å². The number of aryl methyl sites for hydroxylation is 2. The zero-order valence-corrected chi connectivity index (χ0v) is 13.9. The first-order valence-corrected chi connectivity index (χ1v) is 8.13. The summed E-state index contributed by atoms with van der Waals surface area (Å²) in [7, 11) is 0. The summed E-state index contributed by atoms with van der Waals surface area (Å²) < 4.78 is 5.41. The highest BCUT2D eigenvalue weighted by molar-refractivity contribution is 5.95. The van der Waals surface area contributed by atoms with Gasteiger partial charge in [-0.1, -0.05) is 12.8 Å². The first kappa shape index (κ1) is 16.6. The number of nitrogens with zero attached hydrogens (tertiary/aromatic N) is 1. The third-order valence-electron chi connectivity index (χ3n) is 4.15. The number of hydrogen-bond acceptors (Lipinski definition) is 3. The number of piperidine rings is 1. The lowest BCUT2D eigenvalue weighted by Crippen LogP contribution is -2.38. The van der Waals surface area contributed by atoms with Crippen molar-refractivity contribution in [1.29, 1.82) is 0 Å². The maximum atomic E-state index is 12.2. The van der Waals surface area contributed by atoms with Crippen molar-refractivity contribution in [2.75, 3.05) is 26.2 Å². The van der Waals surface area contributed by atoms with Crippen LogP contribution in [0.15, 0.2) is 10.5 Å². The number of nitrogens with one attached hydrogen (secondary N) is 1. The Hall–Kier alpha value is -1.73. The standard InChI is InChI=1S/C18H26N2O2/c1-4-5-6-9-20-10-7-16(8-11-20)13-19-18(21)17-12-14(2)22-15(17)3/h12,16H,4,7-11,13H2,1-3H3,(H,19,21). The lowest BCUT2D eigenvalue weighted by atomic mass is 9.96. The van der Waals surface area contributed by atoms with Crippen molar-refractivity contribution in [2.45, 2.75) is 40.0 Å². The maximum absolute atomic E-state index is 12.2. The molecule has 0 bridgehead atoms. The van der Waals surface area contributed by atoms with Gasteiger partial charge in [-0.2, -0.15) is 0 Å². The molecule has 1 amide bonds. The Balaban J connectivity index is 1.72. The van der Waals surface area contributed by atoms with Crippen molar-refractivity contribution in [1.82, 2.24) is 10.2 Å². The van der Waals surface area contributed by atoms with Crippen LogP contribution in [-0.2, 0) is 0 Å². The van der Waals surface area contributed by atoms with Crippen molar-refractivity contribution < 1.29 is 9.21 Å². The highest BCUT2D eigenvalue weighted by Crippen LogP contribution is 2.17. The number of hydrogen-bond donors (Lipinski definition) is 1. The molecule has 2 heterocycles. The Kier molecular flexibility index (Phi) is 6.09. The summed E-state index contributed by atoms with van der Waals surface area (Å²) in [6, 6.07) is 1.81. The minimum atomic E-state index is -0.0226. The van der Waals surface area contributed by atoms with Gasteiger partial charge in [-0.25, -0.2) is 0 Å². The molecule has 0 aromatic carbocycles. The molecule has 0 radical (unpaired) electrons. The van der Waals surface area contributed by atoms with E-state index in [-0.39, 0.29) is 5.91 Å². The molecule has 1 aromatic heterocycles. The van der Waals surface area contributed by atoms with Crippen molar-refractivity contribution in [2.24, 2.45) is 5.92 Å². The van der Waals surface area contributed by atoms with Crippen LogP contribution in [0.3, 0.4) is 0 Å². The van der Waals surface area contributed by atoms with E-state index < -0.39 is 0 Å². The fourth-order valence-electron chi connectivity index (χ4n) is 2.83. The zero-order chi connectivity index (χ0) is 15.9. The molecule has 1 N–H and O–H groups in total. The average molecular weight is 302 g/mol. The Morgan fingerprint density at radius 2 is 2.09 bits per heavy atom. The van der Waals surface area contributed by atoms with Crippen LogP contribution in [0, 0.1) is 31.6 Å². The van der Waals surface area contributed by atoms with Gasteiger partial charge in [0.1, 0.15) is 11.5 Å². The number of likely N-dealkylation sites (tertiary alicyclic amines) is 1. The van der Waals surface area contributed by atoms with Crippen LogP contribution in [0.1, 0.15) is 48.1 Å². The van der Waals surface area contributed by atoms with Crippen LogP contribution in [-0.4, -0.2) is 37.0 Å². The average Bonchev–Trinajstić information content (AvgIpc) is 2.85. The first-order valence-electron chi connectivity index (χ1n) is 8.13. The van der Waals surface area contributed by atoms with E-state index in [9.17, 15) is 4.79 Å². The molecule has 1 aliphatic rings. The second kappa shape index (κ2) is 8.05. The van der Waals surface area contributed by atoms with Gasteiger partial charge in [-0.15, -0.1) is 5.92 Å². The van der Waals surface area contributed by atoms with Crippen molar-refractivity contribution in [3.63, 3.8) is 0 Å². The summed E-state index contributed by atoms with van der Waals surface area (Å²) in [4.78, 5) is 14.6. The molecule has 0 atom stereocenters. The van der Waals surface area contributed by atoms with E-state index in [1.54, 1.807) is 6.07 Å². The third kappa shape index (κ3) is 4.64. The van der Waals surface area contributed by atoms with E-state index in [4.69, 9.17) is 4.42 Å². The van der Waals surface area contributed by atoms with E-state index in [0.29, 0.717) is 17.2 Å². The molecular formula is C18H26N2O2. The quantitative estimate of drug-likeness (QED) is 0.870. The highest BCUT2D eigenvalue weighted by atomic mass is 16.3. The predicted octanol–water partition coefficient (Wildman–Crippen LogP) is 2.75. The van der Waals surface area contributed by atoms with Gasteiger partial charge in [0.05, 0.1) is 12.1 Å². The van der Waals surface area contributed by atoms with E-state index in [1.807, 2.05) is 13.8 Å². The molecule has 120 valence electrons. The number of rotatable bonds is 4. The monoisotopic (exact) mass is 302 g/mol. The Morgan fingerprint density at radius 1 is 1.36 bits per heavy atom. The van der Waals surface area contributed by atoms with Gasteiger partial charge in [0.25, 0.3) is 5.91 Å². The van der Waals surface area contributed by atoms with Crippen LogP contribution < -0.4 is 5.32 Å². The molecule has 1 aliphatic heterocycles. The smallest absolute Gasteiger partial charge is 0.254 e. The van der Waals surface area contributed by atoms with Crippen molar-refractivity contribution >= 4 is 5.91 Å². The zero-order valence-electron chi connectivity index (χ0n) is 13.9. The van der Waals surface area contributed by atoms with E-state index >= 15 is 0 Å². The normalized spacial score (nSPS) is 16.1. The molecule has 0 saturated carbocycles. The first-order chi connectivity index (χ1) is 10.6. The molecule has 0 unspecified atom stereocenters. The number of furan rings is 1. The fourth-order valence-corrected chi connectivity index (χ4v) is 2.83. The van der Waals surface area contributed by atoms with Gasteiger partial charge < -0.3 is 9.73 Å². The van der Waals surface area contributed by atoms with E-state index in [1.165, 1.54) is 0 Å². The van der Waals surface area contributed by atoms with Crippen LogP contribution in [0.5, 0.6) is 0 Å². The van der Waals surface area contributed by atoms with Crippen LogP contribution in [0.4, 0.5) is 0 Å². The lowest BCUT2D eigenvalue weighted by Gasteiger charge is -2.30. The molecule has 1 aromatic rings. The molecule has 1 fully saturated rings. The van der Waals surface area contributed by atoms with Gasteiger partial charge in [-0.05, 0) is 51.8 Å². The lowest BCUT2D eigenvalue weighted by molar-refractivity contribution is 0.0936. The Bertz CT molecular complexity index is 557. The van der Waals surface area contributed by atoms with Crippen LogP contribution in [0.25, 0.3) is 0 Å². The van der Waals surface area contributed by atoms with E-state index in [0.717, 1.165) is 51.2 Å². The molecule has 4 nitrogen and oxygen atoms in total. The summed E-state index contributed by atoms with van der Waals surface area (Å²) in [5.41, 5.74) is 0.657. The summed E-state index contributed by atoms with van der Waals surface area (Å²) in [6.45, 7) is 9.53. The number of carbonyl (C=O) groups is 1. The summed E-state index contributed by atoms with van der Waals surface area (Å²) in [6.07, 6.45) is 3.17. The SMILES string of the molecule is CCC#CCN1CCC(CNC(=O)c2cc(C)oc2C)CC1. The van der Waals surface area contributed by atoms with Gasteiger partial charge in [0.15, 0.2) is 0 Å². The van der Waals surface area contributed by atoms with Crippen molar-refractivity contribution in [3.05, 3.63) is 23.2 Å². The second-order valence-electron chi connectivity index (χ2n) is 5.96. The topological polar surface area (TPSA) is 45.5 Å². The summed E-state index contributed by atoms with van der Waals surface area (Å²) in [5.74, 6) is 8.33. The number of amides is 1. The number of carbonyl (C=O) groups excluding carboxylic acids is 1. The molecule has 0 aliphatic carbocycles. The van der Waals surface area contributed by atoms with Gasteiger partial charge in [0.2, 0.25) is 0 Å². The van der Waals surface area contributed by atoms with E-state index in [2.05, 4.69) is 29.0 Å². The molecule has 4 heteroatoms. The maximum Gasteiger partial charge on any atom is 0.254 e. The minimum Gasteiger partial charge on any atom is -0.466 e. The Labute approximate surface area is 133 Å². The molecule has 2 rings (SSSR count). The second-order valence-corrected chi connectivity index (χ2v) is 5.96. The summed E-state index contributed by atoms with van der Waals surface area (Å²) in [5, 5.41) is 3.04. The minimum absolute atomic E-state index is 0.0226. The Morgan fingerprint density at radius 3 is 2.68 bits per heavy atom. The predicted molar refractivity (Wildman–Crippen MR) is 87.7 cm³/mol. The van der Waals surface area contributed by atoms with Gasteiger partial charge in [-0.3, -0.25) is 9.69 Å². The fraction of sp³-hybridized carbons (Fsp3) is 0.611. The van der Waals surface area contributed by atoms with Crippen LogP contribution >= 0.6 is 0 Å². The highest BCUT2D eigenvalue weighted by Gasteiger charge is 2.20. The molecule has 0 spiro atoms. The largest absolute Gasteiger partial charge is 0.466 e. The van der Waals surface area contributed by atoms with Crippen molar-refractivity contribution in [3.8, 4) is 11.8 Å². The molecular weight excluding hydrogens is 276 g/mol. The third-order valence-corrected chi connectivity index (χ3v) is 4.15.